The summed E-state index contributed by atoms with van der Waals surface area (Å²) in [6, 6.07) is 10.7. The van der Waals surface area contributed by atoms with E-state index in [1.807, 2.05) is 0 Å². The van der Waals surface area contributed by atoms with E-state index in [-0.39, 0.29) is 5.04 Å². The van der Waals surface area contributed by atoms with Crippen LogP contribution in [0.3, 0.4) is 0 Å². The summed E-state index contributed by atoms with van der Waals surface area (Å²) in [5.74, 6) is 0.339. The summed E-state index contributed by atoms with van der Waals surface area (Å²) in [5.41, 5.74) is 1.37. The molecular formula is C19H33NOSi. The average Bonchev–Trinajstić information content (AvgIpc) is 2.43. The van der Waals surface area contributed by atoms with E-state index in [9.17, 15) is 5.11 Å². The monoisotopic (exact) mass is 319 g/mol. The molecule has 124 valence electrons. The van der Waals surface area contributed by atoms with Gasteiger partial charge in [-0.2, -0.15) is 0 Å². The van der Waals surface area contributed by atoms with Crippen molar-refractivity contribution in [1.82, 2.24) is 4.90 Å². The zero-order valence-corrected chi connectivity index (χ0v) is 16.2. The molecule has 2 unspecified atom stereocenters. The first-order valence-electron chi connectivity index (χ1n) is 8.56. The number of likely N-dealkylation sites (tertiary alicyclic amines) is 1. The molecule has 22 heavy (non-hydrogen) atoms. The molecule has 2 nitrogen and oxygen atoms in total. The number of rotatable bonds is 3. The third kappa shape index (κ3) is 3.17. The van der Waals surface area contributed by atoms with Crippen molar-refractivity contribution in [1.29, 1.82) is 0 Å². The number of piperidine rings is 1. The lowest BCUT2D eigenvalue weighted by molar-refractivity contribution is -0.0143. The molecular weight excluding hydrogens is 286 g/mol. The van der Waals surface area contributed by atoms with E-state index in [1.54, 1.807) is 0 Å². The molecule has 0 aliphatic carbocycles. The zero-order valence-electron chi connectivity index (χ0n) is 15.2. The molecule has 0 aromatic heterocycles. The highest BCUT2D eigenvalue weighted by Crippen LogP contribution is 2.48. The average molecular weight is 320 g/mol. The van der Waals surface area contributed by atoms with Crippen LogP contribution in [0.15, 0.2) is 30.3 Å². The van der Waals surface area contributed by atoms with Crippen molar-refractivity contribution in [2.24, 2.45) is 5.92 Å². The molecule has 0 amide bonds. The molecule has 1 fully saturated rings. The van der Waals surface area contributed by atoms with Crippen LogP contribution < -0.4 is 0 Å². The molecule has 1 saturated heterocycles. The fraction of sp³-hybridized carbons (Fsp3) is 0.684. The van der Waals surface area contributed by atoms with Gasteiger partial charge in [-0.1, -0.05) is 71.1 Å². The molecule has 1 aromatic rings. The first kappa shape index (κ1) is 17.7. The van der Waals surface area contributed by atoms with Crippen molar-refractivity contribution in [3.8, 4) is 0 Å². The van der Waals surface area contributed by atoms with Gasteiger partial charge in [-0.3, -0.25) is 4.90 Å². The molecule has 0 bridgehead atoms. The van der Waals surface area contributed by atoms with Gasteiger partial charge in [0.25, 0.3) is 0 Å². The quantitative estimate of drug-likeness (QED) is 0.839. The van der Waals surface area contributed by atoms with Crippen LogP contribution in [0.1, 0.15) is 39.7 Å². The molecule has 0 spiro atoms. The predicted molar refractivity (Wildman–Crippen MR) is 97.6 cm³/mol. The van der Waals surface area contributed by atoms with Gasteiger partial charge < -0.3 is 5.11 Å². The van der Waals surface area contributed by atoms with Gasteiger partial charge in [0.1, 0.15) is 0 Å². The minimum absolute atomic E-state index is 0.220. The molecule has 1 aliphatic rings. The summed E-state index contributed by atoms with van der Waals surface area (Å²) in [5, 5.41) is 11.3. The van der Waals surface area contributed by atoms with Crippen molar-refractivity contribution in [2.45, 2.75) is 64.0 Å². The van der Waals surface area contributed by atoms with E-state index < -0.39 is 13.3 Å². The van der Waals surface area contributed by atoms with Gasteiger partial charge >= 0.3 is 0 Å². The van der Waals surface area contributed by atoms with Gasteiger partial charge in [-0.25, -0.2) is 0 Å². The number of benzene rings is 1. The summed E-state index contributed by atoms with van der Waals surface area (Å²) >= 11 is 0. The molecule has 1 N–H and O–H groups in total. The highest BCUT2D eigenvalue weighted by Gasteiger charge is 2.56. The Morgan fingerprint density at radius 3 is 2.32 bits per heavy atom. The Bertz CT molecular complexity index is 494. The van der Waals surface area contributed by atoms with Crippen LogP contribution in [0.2, 0.25) is 18.1 Å². The zero-order chi connectivity index (χ0) is 16.6. The smallest absolute Gasteiger partial charge is 0.0908 e. The van der Waals surface area contributed by atoms with Gasteiger partial charge in [0.15, 0.2) is 0 Å². The van der Waals surface area contributed by atoms with E-state index in [1.165, 1.54) is 5.56 Å². The molecule has 1 aliphatic heterocycles. The second-order valence-electron chi connectivity index (χ2n) is 8.67. The minimum Gasteiger partial charge on any atom is -0.393 e. The van der Waals surface area contributed by atoms with E-state index >= 15 is 0 Å². The van der Waals surface area contributed by atoms with Crippen LogP contribution in [-0.2, 0) is 6.54 Å². The summed E-state index contributed by atoms with van der Waals surface area (Å²) < 4.78 is 0. The van der Waals surface area contributed by atoms with Crippen molar-refractivity contribution >= 4 is 8.07 Å². The van der Waals surface area contributed by atoms with Crippen molar-refractivity contribution in [3.63, 3.8) is 0 Å². The number of hydrogen-bond acceptors (Lipinski definition) is 2. The highest BCUT2D eigenvalue weighted by atomic mass is 28.3. The van der Waals surface area contributed by atoms with E-state index in [0.717, 1.165) is 26.1 Å². The number of aliphatic hydroxyl groups is 1. The lowest BCUT2D eigenvalue weighted by Gasteiger charge is -2.55. The summed E-state index contributed by atoms with van der Waals surface area (Å²) in [6.45, 7) is 16.9. The van der Waals surface area contributed by atoms with E-state index in [0.29, 0.717) is 5.92 Å². The van der Waals surface area contributed by atoms with Crippen LogP contribution in [0.5, 0.6) is 0 Å². The molecule has 1 aromatic carbocycles. The van der Waals surface area contributed by atoms with Crippen LogP contribution in [-0.4, -0.2) is 36.4 Å². The van der Waals surface area contributed by atoms with Gasteiger partial charge in [0.05, 0.1) is 13.3 Å². The Morgan fingerprint density at radius 2 is 1.82 bits per heavy atom. The normalized spacial score (nSPS) is 27.9. The van der Waals surface area contributed by atoms with Gasteiger partial charge in [0.2, 0.25) is 0 Å². The molecule has 2 atom stereocenters. The lowest BCUT2D eigenvalue weighted by atomic mass is 9.95. The maximum atomic E-state index is 11.5. The van der Waals surface area contributed by atoms with Crippen molar-refractivity contribution in [3.05, 3.63) is 35.9 Å². The second-order valence-corrected chi connectivity index (χ2v) is 14.3. The van der Waals surface area contributed by atoms with Crippen LogP contribution in [0.25, 0.3) is 0 Å². The summed E-state index contributed by atoms with van der Waals surface area (Å²) in [4.78, 5) is 2.50. The van der Waals surface area contributed by atoms with Crippen molar-refractivity contribution < 1.29 is 5.11 Å². The largest absolute Gasteiger partial charge is 0.393 e. The predicted octanol–water partition coefficient (Wildman–Crippen LogP) is 4.31. The van der Waals surface area contributed by atoms with Crippen molar-refractivity contribution in [2.75, 3.05) is 13.1 Å². The van der Waals surface area contributed by atoms with Gasteiger partial charge in [-0.15, -0.1) is 0 Å². The van der Waals surface area contributed by atoms with E-state index in [2.05, 4.69) is 76.0 Å². The Kier molecular flexibility index (Phi) is 4.91. The second kappa shape index (κ2) is 6.10. The summed E-state index contributed by atoms with van der Waals surface area (Å²) in [7, 11) is -1.78. The Hall–Kier alpha value is -0.643. The standard InChI is InChI=1S/C19H33NOSi/c1-16-14-20(15-17-10-8-7-9-11-17)13-12-19(16,21)22(5,6)18(2,3)4/h7-11,16,21H,12-15H2,1-6H3. The highest BCUT2D eigenvalue weighted by molar-refractivity contribution is 6.82. The topological polar surface area (TPSA) is 23.5 Å². The Morgan fingerprint density at radius 1 is 1.23 bits per heavy atom. The number of hydrogen-bond donors (Lipinski definition) is 1. The maximum absolute atomic E-state index is 11.5. The molecule has 2 rings (SSSR count). The summed E-state index contributed by atoms with van der Waals surface area (Å²) in [6.07, 6.45) is 0.914. The van der Waals surface area contributed by atoms with Crippen LogP contribution in [0.4, 0.5) is 0 Å². The first-order valence-corrected chi connectivity index (χ1v) is 11.6. The van der Waals surface area contributed by atoms with Gasteiger partial charge in [0, 0.05) is 19.6 Å². The molecule has 0 saturated carbocycles. The minimum atomic E-state index is -1.78. The maximum Gasteiger partial charge on any atom is 0.0908 e. The Balaban J connectivity index is 2.09. The van der Waals surface area contributed by atoms with Crippen LogP contribution >= 0.6 is 0 Å². The number of nitrogens with zero attached hydrogens (tertiary/aromatic N) is 1. The molecule has 3 heteroatoms. The molecule has 1 heterocycles. The SMILES string of the molecule is CC1CN(Cc2ccccc2)CCC1(O)[Si](C)(C)C(C)(C)C. The fourth-order valence-electron chi connectivity index (χ4n) is 3.77. The van der Waals surface area contributed by atoms with E-state index in [4.69, 9.17) is 0 Å². The third-order valence-corrected chi connectivity index (χ3v) is 13.0. The van der Waals surface area contributed by atoms with Gasteiger partial charge in [-0.05, 0) is 22.9 Å². The Labute approximate surface area is 137 Å². The molecule has 0 radical (unpaired) electrons. The first-order chi connectivity index (χ1) is 10.1. The fourth-order valence-corrected chi connectivity index (χ4v) is 7.13. The lowest BCUT2D eigenvalue weighted by Crippen LogP contribution is -2.67. The van der Waals surface area contributed by atoms with Crippen LogP contribution in [0, 0.1) is 5.92 Å². The third-order valence-electron chi connectivity index (χ3n) is 6.36.